The van der Waals surface area contributed by atoms with Crippen molar-refractivity contribution < 1.29 is 9.53 Å². The van der Waals surface area contributed by atoms with E-state index in [0.29, 0.717) is 6.42 Å². The van der Waals surface area contributed by atoms with Crippen molar-refractivity contribution in [1.82, 2.24) is 0 Å². The quantitative estimate of drug-likeness (QED) is 0.939. The monoisotopic (exact) mass is 294 g/mol. The number of anilines is 1. The number of hydrogen-bond donors (Lipinski definition) is 1. The largest absolute Gasteiger partial charge is 0.367 e. The minimum atomic E-state index is -0.522. The fraction of sp³-hybridized carbons (Fsp3) is 0.222. The Morgan fingerprint density at radius 1 is 1.18 bits per heavy atom. The number of rotatable bonds is 4. The second kappa shape index (κ2) is 5.73. The van der Waals surface area contributed by atoms with Crippen LogP contribution in [0.25, 0.3) is 0 Å². The first-order valence-electron chi connectivity index (χ1n) is 7.19. The molecule has 0 spiro atoms. The number of amides is 1. The number of nitrogens with one attached hydrogen (secondary N) is 1. The van der Waals surface area contributed by atoms with Crippen LogP contribution in [0.15, 0.2) is 53.5 Å². The molecule has 1 amide bonds. The lowest BCUT2D eigenvalue weighted by molar-refractivity contribution is -0.114. The number of fused-ring (bicyclic) bond motifs is 1. The van der Waals surface area contributed by atoms with Crippen LogP contribution >= 0.6 is 0 Å². The first-order valence-corrected chi connectivity index (χ1v) is 7.19. The number of hydrogen-bond acceptors (Lipinski definition) is 3. The van der Waals surface area contributed by atoms with Gasteiger partial charge in [-0.2, -0.15) is 0 Å². The van der Waals surface area contributed by atoms with Crippen molar-refractivity contribution in [3.05, 3.63) is 59.7 Å². The van der Waals surface area contributed by atoms with Crippen molar-refractivity contribution in [3.63, 3.8) is 0 Å². The van der Waals surface area contributed by atoms with E-state index in [9.17, 15) is 4.79 Å². The summed E-state index contributed by atoms with van der Waals surface area (Å²) >= 11 is 0. The van der Waals surface area contributed by atoms with Gasteiger partial charge >= 0.3 is 0 Å². The first-order chi connectivity index (χ1) is 10.6. The molecule has 0 bridgehead atoms. The minimum absolute atomic E-state index is 0.0713. The third-order valence-electron chi connectivity index (χ3n) is 3.88. The Morgan fingerprint density at radius 3 is 2.59 bits per heavy atom. The highest BCUT2D eigenvalue weighted by Crippen LogP contribution is 2.39. The molecule has 1 N–H and O–H groups in total. The molecule has 0 aromatic heterocycles. The van der Waals surface area contributed by atoms with E-state index in [2.05, 4.69) is 16.4 Å². The zero-order chi connectivity index (χ0) is 15.6. The lowest BCUT2D eigenvalue weighted by Crippen LogP contribution is -2.30. The van der Waals surface area contributed by atoms with Gasteiger partial charge in [-0.25, -0.2) is 0 Å². The smallest absolute Gasteiger partial charge is 0.221 e. The Bertz CT molecular complexity index is 722. The Balaban J connectivity index is 1.85. The Kier molecular flexibility index (Phi) is 3.77. The molecule has 4 nitrogen and oxygen atoms in total. The van der Waals surface area contributed by atoms with Gasteiger partial charge in [-0.3, -0.25) is 9.79 Å². The molecule has 0 aliphatic carbocycles. The van der Waals surface area contributed by atoms with Gasteiger partial charge in [-0.15, -0.1) is 0 Å². The molecule has 0 saturated heterocycles. The number of carbonyl (C=O) groups is 1. The van der Waals surface area contributed by atoms with Crippen molar-refractivity contribution in [1.29, 1.82) is 0 Å². The molecule has 1 atom stereocenters. The molecule has 1 aliphatic rings. The average molecular weight is 294 g/mol. The van der Waals surface area contributed by atoms with Gasteiger partial charge in [-0.05, 0) is 23.8 Å². The minimum Gasteiger partial charge on any atom is -0.367 e. The van der Waals surface area contributed by atoms with Gasteiger partial charge in [0.05, 0.1) is 5.69 Å². The van der Waals surface area contributed by atoms with Crippen molar-refractivity contribution in [3.8, 4) is 0 Å². The maximum absolute atomic E-state index is 11.1. The van der Waals surface area contributed by atoms with Crippen LogP contribution in [-0.2, 0) is 21.6 Å². The highest BCUT2D eigenvalue weighted by Gasteiger charge is 2.36. The topological polar surface area (TPSA) is 50.7 Å². The van der Waals surface area contributed by atoms with Crippen molar-refractivity contribution in [2.45, 2.75) is 18.9 Å². The summed E-state index contributed by atoms with van der Waals surface area (Å²) in [6.45, 7) is 1.50. The molecule has 2 aromatic carbocycles. The summed E-state index contributed by atoms with van der Waals surface area (Å²) in [6.07, 6.45) is 2.57. The maximum Gasteiger partial charge on any atom is 0.221 e. The second-order valence-corrected chi connectivity index (χ2v) is 5.42. The van der Waals surface area contributed by atoms with Crippen LogP contribution in [0.3, 0.4) is 0 Å². The molecule has 112 valence electrons. The summed E-state index contributed by atoms with van der Waals surface area (Å²) in [5.41, 5.74) is 3.44. The van der Waals surface area contributed by atoms with E-state index in [0.717, 1.165) is 22.5 Å². The fourth-order valence-corrected chi connectivity index (χ4v) is 2.78. The maximum atomic E-state index is 11.1. The number of nitrogens with zero attached hydrogens (tertiary/aromatic N) is 1. The van der Waals surface area contributed by atoms with Crippen LogP contribution in [0.5, 0.6) is 0 Å². The summed E-state index contributed by atoms with van der Waals surface area (Å²) in [7, 11) is 1.71. The molecule has 4 heteroatoms. The van der Waals surface area contributed by atoms with Crippen LogP contribution in [0, 0.1) is 0 Å². The standard InChI is InChI=1S/C18H18N2O2/c1-13(21)20-15-9-7-14(8-10-15)11-18(22-2)12-19-17-6-4-3-5-16(17)18/h3-10,12H,11H2,1-2H3,(H,20,21). The summed E-state index contributed by atoms with van der Waals surface area (Å²) in [5.74, 6) is -0.0713. The van der Waals surface area contributed by atoms with E-state index in [4.69, 9.17) is 4.74 Å². The molecule has 1 aliphatic heterocycles. The SMILES string of the molecule is COC1(Cc2ccc(NC(C)=O)cc2)C=Nc2ccccc21. The van der Waals surface area contributed by atoms with Crippen LogP contribution in [0.4, 0.5) is 11.4 Å². The van der Waals surface area contributed by atoms with Crippen molar-refractivity contribution in [2.24, 2.45) is 4.99 Å². The second-order valence-electron chi connectivity index (χ2n) is 5.42. The van der Waals surface area contributed by atoms with Crippen LogP contribution in [0.2, 0.25) is 0 Å². The summed E-state index contributed by atoms with van der Waals surface area (Å²) in [5, 5.41) is 2.77. The van der Waals surface area contributed by atoms with E-state index in [1.165, 1.54) is 6.92 Å². The van der Waals surface area contributed by atoms with Gasteiger partial charge < -0.3 is 10.1 Å². The molecule has 22 heavy (non-hydrogen) atoms. The normalized spacial score (nSPS) is 19.0. The predicted octanol–water partition coefficient (Wildman–Crippen LogP) is 3.45. The number of carbonyl (C=O) groups excluding carboxylic acids is 1. The van der Waals surface area contributed by atoms with Gasteiger partial charge in [0, 0.05) is 37.9 Å². The molecule has 1 unspecified atom stereocenters. The van der Waals surface area contributed by atoms with E-state index in [1.54, 1.807) is 7.11 Å². The Morgan fingerprint density at radius 2 is 1.91 bits per heavy atom. The van der Waals surface area contributed by atoms with Crippen LogP contribution < -0.4 is 5.32 Å². The van der Waals surface area contributed by atoms with Gasteiger partial charge in [0.15, 0.2) is 0 Å². The third-order valence-corrected chi connectivity index (χ3v) is 3.88. The zero-order valence-electron chi connectivity index (χ0n) is 12.7. The number of aliphatic imine (C=N–C) groups is 1. The molecule has 0 radical (unpaired) electrons. The van der Waals surface area contributed by atoms with Gasteiger partial charge in [-0.1, -0.05) is 30.3 Å². The van der Waals surface area contributed by atoms with E-state index in [1.807, 2.05) is 48.7 Å². The lowest BCUT2D eigenvalue weighted by atomic mass is 9.89. The van der Waals surface area contributed by atoms with E-state index >= 15 is 0 Å². The number of methoxy groups -OCH3 is 1. The molecule has 1 heterocycles. The molecular formula is C18H18N2O2. The Labute approximate surface area is 129 Å². The zero-order valence-corrected chi connectivity index (χ0v) is 12.7. The van der Waals surface area contributed by atoms with Gasteiger partial charge in [0.1, 0.15) is 5.60 Å². The van der Waals surface area contributed by atoms with Gasteiger partial charge in [0.2, 0.25) is 5.91 Å². The average Bonchev–Trinajstić information content (AvgIpc) is 2.88. The molecular weight excluding hydrogens is 276 g/mol. The molecule has 0 saturated carbocycles. The molecule has 2 aromatic rings. The Hall–Kier alpha value is -2.46. The van der Waals surface area contributed by atoms with E-state index in [-0.39, 0.29) is 5.91 Å². The first kappa shape index (κ1) is 14.5. The number of ether oxygens (including phenoxy) is 1. The fourth-order valence-electron chi connectivity index (χ4n) is 2.78. The third kappa shape index (κ3) is 2.65. The molecule has 3 rings (SSSR count). The van der Waals surface area contributed by atoms with Gasteiger partial charge in [0.25, 0.3) is 0 Å². The summed E-state index contributed by atoms with van der Waals surface area (Å²) in [6, 6.07) is 15.8. The molecule has 0 fully saturated rings. The van der Waals surface area contributed by atoms with E-state index < -0.39 is 5.60 Å². The highest BCUT2D eigenvalue weighted by molar-refractivity contribution is 5.88. The highest BCUT2D eigenvalue weighted by atomic mass is 16.5. The number of benzene rings is 2. The van der Waals surface area contributed by atoms with Crippen LogP contribution in [-0.4, -0.2) is 19.2 Å². The summed E-state index contributed by atoms with van der Waals surface area (Å²) < 4.78 is 5.80. The van der Waals surface area contributed by atoms with Crippen LogP contribution in [0.1, 0.15) is 18.1 Å². The number of para-hydroxylation sites is 1. The lowest BCUT2D eigenvalue weighted by Gasteiger charge is -2.26. The predicted molar refractivity (Wildman–Crippen MR) is 87.7 cm³/mol. The summed E-state index contributed by atoms with van der Waals surface area (Å²) in [4.78, 5) is 15.5. The van der Waals surface area contributed by atoms with Crippen molar-refractivity contribution >= 4 is 23.5 Å². The van der Waals surface area contributed by atoms with Crippen molar-refractivity contribution in [2.75, 3.05) is 12.4 Å².